The Morgan fingerprint density at radius 2 is 1.90 bits per heavy atom. The number of likely N-dealkylation sites (N-methyl/N-ethyl adjacent to an activating group) is 1. The molecule has 0 bridgehead atoms. The number of benzene rings is 2. The van der Waals surface area contributed by atoms with E-state index < -0.39 is 0 Å². The highest BCUT2D eigenvalue weighted by molar-refractivity contribution is 5.82. The van der Waals surface area contributed by atoms with Crippen molar-refractivity contribution >= 4 is 5.78 Å². The number of carbonyl (C=O) groups excluding carboxylic acids is 1. The van der Waals surface area contributed by atoms with E-state index in [0.717, 1.165) is 40.1 Å². The maximum atomic E-state index is 13.0. The Morgan fingerprint density at radius 1 is 1.14 bits per heavy atom. The summed E-state index contributed by atoms with van der Waals surface area (Å²) < 4.78 is 23.0. The first-order chi connectivity index (χ1) is 13.9. The van der Waals surface area contributed by atoms with Crippen molar-refractivity contribution < 1.29 is 28.2 Å². The summed E-state index contributed by atoms with van der Waals surface area (Å²) in [5.74, 6) is 3.10. The standard InChI is InChI=1S/C23H28NO5/c1-24(2)10-9-16-12-20-22(29-14-28-20)23(27-4)21(16)19(24)13-17(25)11-15-5-7-18(26-3)8-6-15/h5-8,12,19H,9-11,13-14H2,1-4H3/q+1/t19-/m0/s1. The number of methoxy groups -OCH3 is 2. The average Bonchev–Trinajstić information content (AvgIpc) is 3.17. The van der Waals surface area contributed by atoms with Gasteiger partial charge >= 0.3 is 0 Å². The van der Waals surface area contributed by atoms with Crippen LogP contribution in [-0.2, 0) is 17.6 Å². The number of rotatable bonds is 6. The van der Waals surface area contributed by atoms with E-state index in [4.69, 9.17) is 18.9 Å². The van der Waals surface area contributed by atoms with Crippen molar-refractivity contribution in [3.05, 3.63) is 47.0 Å². The second-order valence-corrected chi connectivity index (χ2v) is 8.25. The van der Waals surface area contributed by atoms with Crippen LogP contribution < -0.4 is 18.9 Å². The molecule has 0 N–H and O–H groups in total. The number of fused-ring (bicyclic) bond motifs is 2. The van der Waals surface area contributed by atoms with Gasteiger partial charge in [0, 0.05) is 12.8 Å². The van der Waals surface area contributed by atoms with Crippen molar-refractivity contribution in [3.8, 4) is 23.0 Å². The number of hydrogen-bond acceptors (Lipinski definition) is 5. The first kappa shape index (κ1) is 19.6. The zero-order valence-corrected chi connectivity index (χ0v) is 17.5. The van der Waals surface area contributed by atoms with Crippen LogP contribution in [0.3, 0.4) is 0 Å². The molecule has 0 fully saturated rings. The summed E-state index contributed by atoms with van der Waals surface area (Å²) in [7, 11) is 7.65. The molecule has 0 aromatic heterocycles. The molecule has 29 heavy (non-hydrogen) atoms. The van der Waals surface area contributed by atoms with Crippen LogP contribution in [0.5, 0.6) is 23.0 Å². The van der Waals surface area contributed by atoms with Gasteiger partial charge in [-0.25, -0.2) is 0 Å². The molecule has 2 aliphatic rings. The highest BCUT2D eigenvalue weighted by atomic mass is 16.7. The summed E-state index contributed by atoms with van der Waals surface area (Å²) in [5.41, 5.74) is 3.26. The normalized spacial score (nSPS) is 18.8. The maximum Gasteiger partial charge on any atom is 0.231 e. The van der Waals surface area contributed by atoms with E-state index in [0.29, 0.717) is 24.3 Å². The maximum absolute atomic E-state index is 13.0. The van der Waals surface area contributed by atoms with E-state index in [-0.39, 0.29) is 18.6 Å². The van der Waals surface area contributed by atoms with Gasteiger partial charge in [0.2, 0.25) is 12.5 Å². The summed E-state index contributed by atoms with van der Waals surface area (Å²) in [4.78, 5) is 13.0. The molecule has 0 unspecified atom stereocenters. The van der Waals surface area contributed by atoms with E-state index in [1.165, 1.54) is 5.56 Å². The van der Waals surface area contributed by atoms with Crippen LogP contribution in [0.1, 0.15) is 29.2 Å². The zero-order chi connectivity index (χ0) is 20.6. The quantitative estimate of drug-likeness (QED) is 0.699. The fourth-order valence-electron chi connectivity index (χ4n) is 4.37. The van der Waals surface area contributed by atoms with Gasteiger partial charge in [-0.1, -0.05) is 12.1 Å². The topological polar surface area (TPSA) is 54.0 Å². The molecule has 2 aromatic rings. The Labute approximate surface area is 171 Å². The van der Waals surface area contributed by atoms with Crippen molar-refractivity contribution in [2.75, 3.05) is 41.7 Å². The van der Waals surface area contributed by atoms with E-state index in [9.17, 15) is 4.79 Å². The van der Waals surface area contributed by atoms with Crippen molar-refractivity contribution in [3.63, 3.8) is 0 Å². The minimum absolute atomic E-state index is 0.00829. The Bertz CT molecular complexity index is 920. The minimum atomic E-state index is 0.00829. The third-order valence-corrected chi connectivity index (χ3v) is 6.06. The predicted octanol–water partition coefficient (Wildman–Crippen LogP) is 3.31. The van der Waals surface area contributed by atoms with Crippen LogP contribution in [0.15, 0.2) is 30.3 Å². The number of nitrogens with zero attached hydrogens (tertiary/aromatic N) is 1. The molecule has 154 valence electrons. The number of ketones is 1. The minimum Gasteiger partial charge on any atom is -0.497 e. The molecule has 0 aliphatic carbocycles. The summed E-state index contributed by atoms with van der Waals surface area (Å²) in [6.45, 7) is 1.16. The zero-order valence-electron chi connectivity index (χ0n) is 17.5. The second-order valence-electron chi connectivity index (χ2n) is 8.25. The Kier molecular flexibility index (Phi) is 5.13. The Balaban J connectivity index is 1.63. The molecule has 6 nitrogen and oxygen atoms in total. The molecule has 0 saturated heterocycles. The van der Waals surface area contributed by atoms with Crippen molar-refractivity contribution in [1.82, 2.24) is 0 Å². The lowest BCUT2D eigenvalue weighted by Crippen LogP contribution is -2.48. The van der Waals surface area contributed by atoms with E-state index >= 15 is 0 Å². The van der Waals surface area contributed by atoms with Gasteiger partial charge in [-0.3, -0.25) is 4.79 Å². The number of ether oxygens (including phenoxy) is 4. The van der Waals surface area contributed by atoms with Crippen LogP contribution in [0.25, 0.3) is 0 Å². The predicted molar refractivity (Wildman–Crippen MR) is 109 cm³/mol. The van der Waals surface area contributed by atoms with Gasteiger partial charge in [-0.15, -0.1) is 0 Å². The number of Topliss-reactive ketones (excluding diaryl/α,β-unsaturated/α-hetero) is 1. The molecule has 0 saturated carbocycles. The smallest absolute Gasteiger partial charge is 0.231 e. The summed E-state index contributed by atoms with van der Waals surface area (Å²) in [5, 5.41) is 0. The number of hydrogen-bond donors (Lipinski definition) is 0. The fourth-order valence-corrected chi connectivity index (χ4v) is 4.37. The van der Waals surface area contributed by atoms with Crippen LogP contribution >= 0.6 is 0 Å². The van der Waals surface area contributed by atoms with E-state index in [1.807, 2.05) is 24.3 Å². The van der Waals surface area contributed by atoms with Crippen LogP contribution in [0, 0.1) is 0 Å². The monoisotopic (exact) mass is 398 g/mol. The molecule has 6 heteroatoms. The molecular weight excluding hydrogens is 370 g/mol. The third kappa shape index (κ3) is 3.65. The third-order valence-electron chi connectivity index (χ3n) is 6.06. The summed E-state index contributed by atoms with van der Waals surface area (Å²) in [6, 6.07) is 9.74. The van der Waals surface area contributed by atoms with Gasteiger partial charge in [0.05, 0.1) is 46.8 Å². The lowest BCUT2D eigenvalue weighted by atomic mass is 9.86. The SMILES string of the molecule is COc1ccc(CC(=O)C[C@H]2c3c(cc4c(c3OC)OCO4)CC[N+]2(C)C)cc1. The van der Waals surface area contributed by atoms with Gasteiger partial charge in [0.15, 0.2) is 11.5 Å². The van der Waals surface area contributed by atoms with Gasteiger partial charge < -0.3 is 23.4 Å². The first-order valence-corrected chi connectivity index (χ1v) is 9.89. The molecule has 4 rings (SSSR count). The first-order valence-electron chi connectivity index (χ1n) is 9.89. The average molecular weight is 398 g/mol. The van der Waals surface area contributed by atoms with Gasteiger partial charge in [-0.2, -0.15) is 0 Å². The van der Waals surface area contributed by atoms with Crippen molar-refractivity contribution in [2.24, 2.45) is 0 Å². The van der Waals surface area contributed by atoms with Gasteiger partial charge in [0.25, 0.3) is 0 Å². The molecule has 2 aromatic carbocycles. The highest BCUT2D eigenvalue weighted by Gasteiger charge is 2.42. The largest absolute Gasteiger partial charge is 0.497 e. The second kappa shape index (κ2) is 7.59. The lowest BCUT2D eigenvalue weighted by molar-refractivity contribution is -0.922. The van der Waals surface area contributed by atoms with Crippen LogP contribution in [-0.4, -0.2) is 51.9 Å². The molecule has 0 radical (unpaired) electrons. The van der Waals surface area contributed by atoms with Crippen molar-refractivity contribution in [2.45, 2.75) is 25.3 Å². The highest BCUT2D eigenvalue weighted by Crippen LogP contribution is 2.51. The molecule has 2 heterocycles. The summed E-state index contributed by atoms with van der Waals surface area (Å²) >= 11 is 0. The number of carbonyl (C=O) groups is 1. The molecule has 1 atom stereocenters. The lowest BCUT2D eigenvalue weighted by Gasteiger charge is -2.43. The fraction of sp³-hybridized carbons (Fsp3) is 0.435. The van der Waals surface area contributed by atoms with Crippen molar-refractivity contribution in [1.29, 1.82) is 0 Å². The Hall–Kier alpha value is -2.73. The molecule has 0 amide bonds. The van der Waals surface area contributed by atoms with Gasteiger partial charge in [0.1, 0.15) is 17.6 Å². The van der Waals surface area contributed by atoms with Crippen LogP contribution in [0.4, 0.5) is 0 Å². The molecule has 0 spiro atoms. The molecule has 2 aliphatic heterocycles. The van der Waals surface area contributed by atoms with Gasteiger partial charge in [-0.05, 0) is 29.3 Å². The summed E-state index contributed by atoms with van der Waals surface area (Å²) in [6.07, 6.45) is 1.77. The van der Waals surface area contributed by atoms with E-state index in [2.05, 4.69) is 20.2 Å². The Morgan fingerprint density at radius 3 is 2.59 bits per heavy atom. The number of quaternary nitrogens is 1. The van der Waals surface area contributed by atoms with Crippen LogP contribution in [0.2, 0.25) is 0 Å². The molecular formula is C23H28NO5+. The van der Waals surface area contributed by atoms with E-state index in [1.54, 1.807) is 14.2 Å².